The molecule has 9 heteroatoms. The van der Waals surface area contributed by atoms with Crippen LogP contribution in [0.15, 0.2) is 0 Å². The molecular weight excluding hydrogens is 405 g/mol. The average Bonchev–Trinajstić information content (AvgIpc) is 2.73. The highest BCUT2D eigenvalue weighted by Crippen LogP contribution is 2.32. The van der Waals surface area contributed by atoms with Crippen molar-refractivity contribution in [2.24, 2.45) is 0 Å². The van der Waals surface area contributed by atoms with Gasteiger partial charge in [-0.15, -0.1) is 0 Å². The molecule has 1 N–H and O–H groups in total. The van der Waals surface area contributed by atoms with Gasteiger partial charge in [0.2, 0.25) is 0 Å². The predicted octanol–water partition coefficient (Wildman–Crippen LogP) is 1.31. The Morgan fingerprint density at radius 1 is 1.55 bits per heavy atom. The van der Waals surface area contributed by atoms with Crippen molar-refractivity contribution < 1.29 is 24.2 Å². The summed E-state index contributed by atoms with van der Waals surface area (Å²) in [5.41, 5.74) is -0.0484. The summed E-state index contributed by atoms with van der Waals surface area (Å²) >= 11 is 1.95. The van der Waals surface area contributed by atoms with E-state index in [1.54, 1.807) is 25.5 Å². The lowest BCUT2D eigenvalue weighted by molar-refractivity contribution is -0.120. The molecule has 0 fully saturated rings. The highest BCUT2D eigenvalue weighted by Gasteiger charge is 2.34. The lowest BCUT2D eigenvalue weighted by atomic mass is 10.2. The maximum Gasteiger partial charge on any atom is 0.410 e. The number of aliphatic hydroxyl groups excluding tert-OH is 1. The molecule has 0 spiro atoms. The Kier molecular flexibility index (Phi) is 4.95. The molecule has 1 aliphatic heterocycles. The Hall–Kier alpha value is -1.36. The van der Waals surface area contributed by atoms with Gasteiger partial charge in [-0.1, -0.05) is 0 Å². The number of ether oxygens (including phenoxy) is 2. The summed E-state index contributed by atoms with van der Waals surface area (Å²) in [6, 6.07) is -0.409. The number of amides is 1. The van der Waals surface area contributed by atoms with Gasteiger partial charge in [0.15, 0.2) is 9.45 Å². The zero-order chi connectivity index (χ0) is 16.5. The average molecular weight is 423 g/mol. The molecule has 8 nitrogen and oxygen atoms in total. The van der Waals surface area contributed by atoms with Crippen LogP contribution in [0.4, 0.5) is 4.79 Å². The fourth-order valence-corrected chi connectivity index (χ4v) is 2.88. The number of carbonyl (C=O) groups is 2. The third-order valence-electron chi connectivity index (χ3n) is 3.07. The molecule has 0 saturated carbocycles. The second-order valence-electron chi connectivity index (χ2n) is 5.92. The summed E-state index contributed by atoms with van der Waals surface area (Å²) in [5.74, 6) is 0.308. The predicted molar refractivity (Wildman–Crippen MR) is 84.4 cm³/mol. The van der Waals surface area contributed by atoms with Crippen molar-refractivity contribution in [1.82, 2.24) is 14.7 Å². The Balaban J connectivity index is 2.31. The topological polar surface area (TPSA) is 93.9 Å². The van der Waals surface area contributed by atoms with Crippen molar-refractivity contribution in [3.63, 3.8) is 0 Å². The first-order chi connectivity index (χ1) is 10.3. The van der Waals surface area contributed by atoms with E-state index in [1.165, 1.54) is 4.90 Å². The van der Waals surface area contributed by atoms with Gasteiger partial charge in [-0.25, -0.2) is 4.79 Å². The molecule has 1 aromatic heterocycles. The molecule has 1 amide bonds. The minimum absolute atomic E-state index is 0.190. The molecule has 1 atom stereocenters. The van der Waals surface area contributed by atoms with E-state index in [0.29, 0.717) is 21.6 Å². The first kappa shape index (κ1) is 17.0. The van der Waals surface area contributed by atoms with Crippen LogP contribution in [0.1, 0.15) is 32.5 Å². The van der Waals surface area contributed by atoms with E-state index in [2.05, 4.69) is 5.10 Å². The van der Waals surface area contributed by atoms with Crippen LogP contribution in [0.5, 0.6) is 5.75 Å². The standard InChI is InChI=1S/C13H18IN3O5/c1-13(2,3)22-12(20)16-4-8(6-18)17-9(5-16)10(21-7-19)11(14)15-17/h7-8,18H,4-6H2,1-3H3. The van der Waals surface area contributed by atoms with Gasteiger partial charge in [0.05, 0.1) is 19.2 Å². The monoisotopic (exact) mass is 423 g/mol. The van der Waals surface area contributed by atoms with E-state index >= 15 is 0 Å². The van der Waals surface area contributed by atoms with E-state index in [-0.39, 0.29) is 19.7 Å². The van der Waals surface area contributed by atoms with Gasteiger partial charge >= 0.3 is 6.09 Å². The number of carbonyl (C=O) groups excluding carboxylic acids is 2. The maximum absolute atomic E-state index is 12.2. The smallest absolute Gasteiger partial charge is 0.410 e. The quantitative estimate of drug-likeness (QED) is 0.582. The van der Waals surface area contributed by atoms with Gasteiger partial charge in [-0.2, -0.15) is 5.10 Å². The zero-order valence-corrected chi connectivity index (χ0v) is 14.7. The molecular formula is C13H18IN3O5. The number of hydrogen-bond donors (Lipinski definition) is 1. The first-order valence-electron chi connectivity index (χ1n) is 6.72. The summed E-state index contributed by atoms with van der Waals surface area (Å²) in [5, 5.41) is 13.8. The molecule has 0 saturated heterocycles. The second kappa shape index (κ2) is 6.41. The zero-order valence-electron chi connectivity index (χ0n) is 12.6. The number of aromatic nitrogens is 2. The van der Waals surface area contributed by atoms with Gasteiger partial charge < -0.3 is 14.6 Å². The molecule has 0 bridgehead atoms. The van der Waals surface area contributed by atoms with Crippen molar-refractivity contribution in [3.8, 4) is 5.75 Å². The molecule has 22 heavy (non-hydrogen) atoms. The van der Waals surface area contributed by atoms with Gasteiger partial charge in [0.25, 0.3) is 6.47 Å². The number of fused-ring (bicyclic) bond motifs is 1. The van der Waals surface area contributed by atoms with Crippen molar-refractivity contribution in [3.05, 3.63) is 9.39 Å². The van der Waals surface area contributed by atoms with Gasteiger partial charge in [0.1, 0.15) is 11.3 Å². The van der Waals surface area contributed by atoms with Crippen molar-refractivity contribution in [2.45, 2.75) is 39.0 Å². The first-order valence-corrected chi connectivity index (χ1v) is 7.80. The lowest BCUT2D eigenvalue weighted by Crippen LogP contribution is -2.44. The van der Waals surface area contributed by atoms with Crippen LogP contribution in [-0.4, -0.2) is 51.1 Å². The Morgan fingerprint density at radius 2 is 2.23 bits per heavy atom. The summed E-state index contributed by atoms with van der Waals surface area (Å²) in [6.07, 6.45) is -0.481. The third kappa shape index (κ3) is 3.51. The van der Waals surface area contributed by atoms with E-state index in [4.69, 9.17) is 9.47 Å². The van der Waals surface area contributed by atoms with Crippen LogP contribution >= 0.6 is 22.6 Å². The molecule has 0 aromatic carbocycles. The second-order valence-corrected chi connectivity index (χ2v) is 6.94. The van der Waals surface area contributed by atoms with Crippen LogP contribution in [0.3, 0.4) is 0 Å². The van der Waals surface area contributed by atoms with Crippen LogP contribution in [0.2, 0.25) is 0 Å². The summed E-state index contributed by atoms with van der Waals surface area (Å²) < 4.78 is 12.4. The van der Waals surface area contributed by atoms with E-state index in [1.807, 2.05) is 22.6 Å². The highest BCUT2D eigenvalue weighted by molar-refractivity contribution is 14.1. The molecule has 1 aliphatic rings. The Bertz CT molecular complexity index is 581. The molecule has 1 unspecified atom stereocenters. The summed E-state index contributed by atoms with van der Waals surface area (Å²) in [7, 11) is 0. The fraction of sp³-hybridized carbons (Fsp3) is 0.615. The highest BCUT2D eigenvalue weighted by atomic mass is 127. The van der Waals surface area contributed by atoms with Gasteiger partial charge in [-0.3, -0.25) is 14.4 Å². The summed E-state index contributed by atoms with van der Waals surface area (Å²) in [4.78, 5) is 24.4. The number of hydrogen-bond acceptors (Lipinski definition) is 6. The number of halogens is 1. The van der Waals surface area contributed by atoms with Crippen molar-refractivity contribution in [1.29, 1.82) is 0 Å². The molecule has 1 aromatic rings. The van der Waals surface area contributed by atoms with Crippen LogP contribution in [0.25, 0.3) is 0 Å². The van der Waals surface area contributed by atoms with E-state index in [9.17, 15) is 14.7 Å². The van der Waals surface area contributed by atoms with Crippen molar-refractivity contribution in [2.75, 3.05) is 13.2 Å². The minimum Gasteiger partial charge on any atom is -0.444 e. The normalized spacial score (nSPS) is 17.9. The van der Waals surface area contributed by atoms with E-state index in [0.717, 1.165) is 0 Å². The largest absolute Gasteiger partial charge is 0.444 e. The molecule has 2 heterocycles. The van der Waals surface area contributed by atoms with Crippen LogP contribution in [-0.2, 0) is 16.1 Å². The molecule has 2 rings (SSSR count). The third-order valence-corrected chi connectivity index (χ3v) is 3.77. The molecule has 0 aliphatic carbocycles. The SMILES string of the molecule is CC(C)(C)OC(=O)N1Cc2c(OC=O)c(I)nn2C(CO)C1. The van der Waals surface area contributed by atoms with E-state index < -0.39 is 17.7 Å². The number of aliphatic hydroxyl groups is 1. The lowest BCUT2D eigenvalue weighted by Gasteiger charge is -2.34. The Labute approximate surface area is 141 Å². The summed E-state index contributed by atoms with van der Waals surface area (Å²) in [6.45, 7) is 5.96. The van der Waals surface area contributed by atoms with Crippen molar-refractivity contribution >= 4 is 35.2 Å². The maximum atomic E-state index is 12.2. The number of rotatable bonds is 3. The fourth-order valence-electron chi connectivity index (χ4n) is 2.21. The Morgan fingerprint density at radius 3 is 2.77 bits per heavy atom. The van der Waals surface area contributed by atoms with Gasteiger partial charge in [0, 0.05) is 6.54 Å². The number of nitrogens with zero attached hydrogens (tertiary/aromatic N) is 3. The molecule has 122 valence electrons. The minimum atomic E-state index is -0.611. The molecule has 0 radical (unpaired) electrons. The van der Waals surface area contributed by atoms with Crippen LogP contribution < -0.4 is 4.74 Å². The van der Waals surface area contributed by atoms with Crippen LogP contribution in [0, 0.1) is 3.70 Å². The van der Waals surface area contributed by atoms with Gasteiger partial charge in [-0.05, 0) is 43.4 Å².